The first kappa shape index (κ1) is 15.5. The number of nitrogens with one attached hydrogen (secondary N) is 1. The molecule has 1 atom stereocenters. The summed E-state index contributed by atoms with van der Waals surface area (Å²) in [6.07, 6.45) is 1.18. The van der Waals surface area contributed by atoms with Gasteiger partial charge in [-0.2, -0.15) is 0 Å². The van der Waals surface area contributed by atoms with Gasteiger partial charge in [0.05, 0.1) is 0 Å². The number of hydrogen-bond acceptors (Lipinski definition) is 2. The molecule has 1 amide bonds. The molecule has 1 aromatic carbocycles. The Morgan fingerprint density at radius 1 is 1.45 bits per heavy atom. The van der Waals surface area contributed by atoms with Crippen LogP contribution in [0.15, 0.2) is 24.3 Å². The molecule has 1 heterocycles. The smallest absolute Gasteiger partial charge is 0.251 e. The van der Waals surface area contributed by atoms with E-state index in [0.717, 1.165) is 30.8 Å². The van der Waals surface area contributed by atoms with Gasteiger partial charge in [0.1, 0.15) is 0 Å². The lowest BCUT2D eigenvalue weighted by molar-refractivity contribution is 0.0946. The van der Waals surface area contributed by atoms with Crippen molar-refractivity contribution in [1.82, 2.24) is 10.2 Å². The lowest BCUT2D eigenvalue weighted by Crippen LogP contribution is -2.33. The molecule has 1 aliphatic rings. The Morgan fingerprint density at radius 3 is 2.85 bits per heavy atom. The third kappa shape index (κ3) is 3.83. The van der Waals surface area contributed by atoms with Crippen LogP contribution in [0, 0.1) is 5.92 Å². The summed E-state index contributed by atoms with van der Waals surface area (Å²) in [6.45, 7) is 7.48. The average Bonchev–Trinajstić information content (AvgIpc) is 2.94. The quantitative estimate of drug-likeness (QED) is 0.837. The Hall–Kier alpha value is -0.870. The van der Waals surface area contributed by atoms with Crippen LogP contribution in [0.4, 0.5) is 0 Å². The maximum atomic E-state index is 12.3. The Kier molecular flexibility index (Phi) is 5.61. The fraction of sp³-hybridized carbons (Fsp3) is 0.562. The van der Waals surface area contributed by atoms with Crippen molar-refractivity contribution in [2.24, 2.45) is 5.92 Å². The van der Waals surface area contributed by atoms with Gasteiger partial charge >= 0.3 is 0 Å². The summed E-state index contributed by atoms with van der Waals surface area (Å²) in [6, 6.07) is 8.35. The van der Waals surface area contributed by atoms with E-state index in [1.807, 2.05) is 24.3 Å². The van der Waals surface area contributed by atoms with Crippen LogP contribution in [0.5, 0.6) is 0 Å². The Labute approximate surface area is 129 Å². The summed E-state index contributed by atoms with van der Waals surface area (Å²) >= 11 is 3.43. The SMILES string of the molecule is CC(C)N1CCC(CNC(=O)c2ccccc2CBr)C1. The first-order valence-corrected chi connectivity index (χ1v) is 8.40. The number of carbonyl (C=O) groups excluding carboxylic acids is 1. The van der Waals surface area contributed by atoms with Crippen LogP contribution < -0.4 is 5.32 Å². The van der Waals surface area contributed by atoms with E-state index < -0.39 is 0 Å². The van der Waals surface area contributed by atoms with Gasteiger partial charge in [-0.3, -0.25) is 4.79 Å². The van der Waals surface area contributed by atoms with Crippen LogP contribution in [0.1, 0.15) is 36.2 Å². The summed E-state index contributed by atoms with van der Waals surface area (Å²) < 4.78 is 0. The van der Waals surface area contributed by atoms with E-state index in [1.54, 1.807) is 0 Å². The molecule has 0 aromatic heterocycles. The second-order valence-electron chi connectivity index (χ2n) is 5.74. The number of carbonyl (C=O) groups is 1. The normalized spacial score (nSPS) is 19.5. The molecule has 0 saturated carbocycles. The maximum Gasteiger partial charge on any atom is 0.251 e. The van der Waals surface area contributed by atoms with Gasteiger partial charge in [-0.15, -0.1) is 0 Å². The minimum Gasteiger partial charge on any atom is -0.352 e. The van der Waals surface area contributed by atoms with Gasteiger partial charge in [0, 0.05) is 30.0 Å². The van der Waals surface area contributed by atoms with Crippen molar-refractivity contribution < 1.29 is 4.79 Å². The molecule has 110 valence electrons. The van der Waals surface area contributed by atoms with E-state index in [9.17, 15) is 4.79 Å². The number of benzene rings is 1. The highest BCUT2D eigenvalue weighted by atomic mass is 79.9. The van der Waals surface area contributed by atoms with Gasteiger partial charge in [-0.1, -0.05) is 34.1 Å². The van der Waals surface area contributed by atoms with E-state index in [0.29, 0.717) is 17.3 Å². The van der Waals surface area contributed by atoms with E-state index in [4.69, 9.17) is 0 Å². The first-order chi connectivity index (χ1) is 9.61. The molecular formula is C16H23BrN2O. The molecular weight excluding hydrogens is 316 g/mol. The summed E-state index contributed by atoms with van der Waals surface area (Å²) in [7, 11) is 0. The molecule has 4 heteroatoms. The summed E-state index contributed by atoms with van der Waals surface area (Å²) in [5, 5.41) is 3.80. The Morgan fingerprint density at radius 2 is 2.20 bits per heavy atom. The largest absolute Gasteiger partial charge is 0.352 e. The fourth-order valence-corrected chi connectivity index (χ4v) is 3.18. The van der Waals surface area contributed by atoms with Gasteiger partial charge in [0.2, 0.25) is 0 Å². The van der Waals surface area contributed by atoms with Crippen LogP contribution in [0.25, 0.3) is 0 Å². The Bertz CT molecular complexity index is 462. The Balaban J connectivity index is 1.87. The lowest BCUT2D eigenvalue weighted by atomic mass is 10.1. The van der Waals surface area contributed by atoms with Crippen molar-refractivity contribution in [2.45, 2.75) is 31.6 Å². The minimum absolute atomic E-state index is 0.0445. The van der Waals surface area contributed by atoms with E-state index in [1.165, 1.54) is 6.42 Å². The molecule has 0 bridgehead atoms. The molecule has 2 rings (SSSR count). The number of amides is 1. The molecule has 1 saturated heterocycles. The van der Waals surface area contributed by atoms with Crippen LogP contribution in [-0.4, -0.2) is 36.5 Å². The van der Waals surface area contributed by atoms with E-state index in [-0.39, 0.29) is 5.91 Å². The predicted octanol–water partition coefficient (Wildman–Crippen LogP) is 3.04. The second kappa shape index (κ2) is 7.23. The maximum absolute atomic E-state index is 12.3. The third-order valence-electron chi connectivity index (χ3n) is 4.00. The van der Waals surface area contributed by atoms with Gasteiger partial charge < -0.3 is 10.2 Å². The number of halogens is 1. The van der Waals surface area contributed by atoms with Crippen LogP contribution in [0.2, 0.25) is 0 Å². The van der Waals surface area contributed by atoms with Crippen LogP contribution in [-0.2, 0) is 5.33 Å². The standard InChI is InChI=1S/C16H23BrN2O/c1-12(2)19-8-7-13(11-19)10-18-16(20)15-6-4-3-5-14(15)9-17/h3-6,12-13H,7-11H2,1-2H3,(H,18,20). The molecule has 1 fully saturated rings. The number of alkyl halides is 1. The minimum atomic E-state index is 0.0445. The highest BCUT2D eigenvalue weighted by Gasteiger charge is 2.24. The van der Waals surface area contributed by atoms with Crippen molar-refractivity contribution >= 4 is 21.8 Å². The zero-order valence-corrected chi connectivity index (χ0v) is 13.8. The van der Waals surface area contributed by atoms with Gasteiger partial charge in [0.15, 0.2) is 0 Å². The van der Waals surface area contributed by atoms with Crippen LogP contribution >= 0.6 is 15.9 Å². The third-order valence-corrected chi connectivity index (χ3v) is 4.61. The predicted molar refractivity (Wildman–Crippen MR) is 86.2 cm³/mol. The summed E-state index contributed by atoms with van der Waals surface area (Å²) in [4.78, 5) is 14.7. The van der Waals surface area contributed by atoms with Crippen molar-refractivity contribution in [2.75, 3.05) is 19.6 Å². The van der Waals surface area contributed by atoms with Gasteiger partial charge in [-0.05, 0) is 44.4 Å². The summed E-state index contributed by atoms with van der Waals surface area (Å²) in [5.41, 5.74) is 1.82. The second-order valence-corrected chi connectivity index (χ2v) is 6.30. The molecule has 1 N–H and O–H groups in total. The topological polar surface area (TPSA) is 32.3 Å². The molecule has 0 spiro atoms. The number of nitrogens with zero attached hydrogens (tertiary/aromatic N) is 1. The number of rotatable bonds is 5. The van der Waals surface area contributed by atoms with Crippen LogP contribution in [0.3, 0.4) is 0 Å². The fourth-order valence-electron chi connectivity index (χ4n) is 2.69. The van der Waals surface area contributed by atoms with Crippen molar-refractivity contribution in [3.05, 3.63) is 35.4 Å². The molecule has 1 aromatic rings. The van der Waals surface area contributed by atoms with Gasteiger partial charge in [0.25, 0.3) is 5.91 Å². The van der Waals surface area contributed by atoms with Crippen molar-refractivity contribution in [3.63, 3.8) is 0 Å². The van der Waals surface area contributed by atoms with Crippen molar-refractivity contribution in [3.8, 4) is 0 Å². The lowest BCUT2D eigenvalue weighted by Gasteiger charge is -2.20. The highest BCUT2D eigenvalue weighted by Crippen LogP contribution is 2.18. The van der Waals surface area contributed by atoms with E-state index >= 15 is 0 Å². The molecule has 0 radical (unpaired) electrons. The average molecular weight is 339 g/mol. The molecule has 1 unspecified atom stereocenters. The molecule has 0 aliphatic carbocycles. The van der Waals surface area contributed by atoms with Gasteiger partial charge in [-0.25, -0.2) is 0 Å². The summed E-state index contributed by atoms with van der Waals surface area (Å²) in [5.74, 6) is 0.625. The molecule has 1 aliphatic heterocycles. The highest BCUT2D eigenvalue weighted by molar-refractivity contribution is 9.08. The monoisotopic (exact) mass is 338 g/mol. The zero-order chi connectivity index (χ0) is 14.5. The number of likely N-dealkylation sites (tertiary alicyclic amines) is 1. The number of hydrogen-bond donors (Lipinski definition) is 1. The first-order valence-electron chi connectivity index (χ1n) is 7.28. The molecule has 20 heavy (non-hydrogen) atoms. The van der Waals surface area contributed by atoms with Crippen molar-refractivity contribution in [1.29, 1.82) is 0 Å². The molecule has 3 nitrogen and oxygen atoms in total. The van der Waals surface area contributed by atoms with E-state index in [2.05, 4.69) is 40.0 Å². The zero-order valence-electron chi connectivity index (χ0n) is 12.2.